The van der Waals surface area contributed by atoms with Crippen LogP contribution in [0.15, 0.2) is 43.1 Å². The summed E-state index contributed by atoms with van der Waals surface area (Å²) >= 11 is 0. The third-order valence-electron chi connectivity index (χ3n) is 5.41. The second-order valence-corrected chi connectivity index (χ2v) is 7.26. The predicted molar refractivity (Wildman–Crippen MR) is 98.2 cm³/mol. The van der Waals surface area contributed by atoms with Crippen molar-refractivity contribution >= 4 is 0 Å². The molecule has 0 radical (unpaired) electrons. The summed E-state index contributed by atoms with van der Waals surface area (Å²) in [5.41, 5.74) is 1.13. The number of piperidine rings is 1. The van der Waals surface area contributed by atoms with Crippen LogP contribution in [-0.4, -0.2) is 60.4 Å². The van der Waals surface area contributed by atoms with Gasteiger partial charge in [-0.2, -0.15) is 0 Å². The Morgan fingerprint density at radius 2 is 2.07 bits per heavy atom. The fourth-order valence-electron chi connectivity index (χ4n) is 3.92. The molecule has 2 aliphatic heterocycles. The highest BCUT2D eigenvalue weighted by Crippen LogP contribution is 2.33. The quantitative estimate of drug-likeness (QED) is 0.691. The van der Waals surface area contributed by atoms with Gasteiger partial charge in [0.1, 0.15) is 18.0 Å². The molecule has 2 bridgehead atoms. The topological polar surface area (TPSA) is 98.0 Å². The van der Waals surface area contributed by atoms with Crippen LogP contribution >= 0.6 is 0 Å². The van der Waals surface area contributed by atoms with Gasteiger partial charge in [-0.1, -0.05) is 0 Å². The zero-order valence-electron chi connectivity index (χ0n) is 15.2. The number of hydrogen-bond donors (Lipinski definition) is 2. The Morgan fingerprint density at radius 3 is 2.79 bits per heavy atom. The first kappa shape index (κ1) is 17.9. The fourth-order valence-corrected chi connectivity index (χ4v) is 3.92. The van der Waals surface area contributed by atoms with Gasteiger partial charge in [0.2, 0.25) is 0 Å². The van der Waals surface area contributed by atoms with E-state index in [0.29, 0.717) is 5.56 Å². The largest absolute Gasteiger partial charge is 0.507 e. The van der Waals surface area contributed by atoms with Crippen LogP contribution in [0.25, 0.3) is 17.1 Å². The minimum Gasteiger partial charge on any atom is -0.507 e. The van der Waals surface area contributed by atoms with E-state index in [9.17, 15) is 13.9 Å². The maximum Gasteiger partial charge on any atom is 0.252 e. The van der Waals surface area contributed by atoms with E-state index >= 15 is 0 Å². The Hall–Kier alpha value is -3.14. The number of rotatable bonds is 4. The van der Waals surface area contributed by atoms with Gasteiger partial charge in [-0.3, -0.25) is 0 Å². The van der Waals surface area contributed by atoms with Crippen LogP contribution in [0.2, 0.25) is 0 Å². The van der Waals surface area contributed by atoms with Crippen LogP contribution in [0.1, 0.15) is 12.8 Å². The lowest BCUT2D eigenvalue weighted by Gasteiger charge is -2.32. The molecule has 0 amide bonds. The Kier molecular flexibility index (Phi) is 4.35. The molecule has 10 heteroatoms. The molecule has 4 heterocycles. The van der Waals surface area contributed by atoms with Crippen molar-refractivity contribution in [2.45, 2.75) is 43.4 Å². The third kappa shape index (κ3) is 3.29. The molecule has 0 saturated carbocycles. The SMILES string of the molecule is Oc1cc(-n2ccnc2)ccc1-c1ncc(O[C@@H]2C[C@@H]3N[C@@H](C[C@@H]3F)[C@H]2F)nn1. The highest BCUT2D eigenvalue weighted by Gasteiger charge is 2.48. The molecule has 2 aromatic heterocycles. The van der Waals surface area contributed by atoms with E-state index in [1.165, 1.54) is 6.20 Å². The predicted octanol–water partition coefficient (Wildman–Crippen LogP) is 1.99. The summed E-state index contributed by atoms with van der Waals surface area (Å²) in [6.45, 7) is 0. The summed E-state index contributed by atoms with van der Waals surface area (Å²) in [5.74, 6) is 0.255. The highest BCUT2D eigenvalue weighted by atomic mass is 19.1. The minimum absolute atomic E-state index is 0.0144. The van der Waals surface area contributed by atoms with Gasteiger partial charge >= 0.3 is 0 Å². The molecule has 2 fully saturated rings. The van der Waals surface area contributed by atoms with Gasteiger partial charge in [0, 0.05) is 37.0 Å². The molecule has 3 aromatic rings. The van der Waals surface area contributed by atoms with E-state index < -0.39 is 30.5 Å². The summed E-state index contributed by atoms with van der Waals surface area (Å²) in [4.78, 5) is 8.14. The Bertz CT molecular complexity index is 998. The molecule has 2 saturated heterocycles. The number of aromatic nitrogens is 5. The summed E-state index contributed by atoms with van der Waals surface area (Å²) in [7, 11) is 0. The number of benzene rings is 1. The van der Waals surface area contributed by atoms with Gasteiger partial charge in [0.25, 0.3) is 5.88 Å². The van der Waals surface area contributed by atoms with E-state index in [2.05, 4.69) is 25.5 Å². The van der Waals surface area contributed by atoms with Gasteiger partial charge < -0.3 is 19.7 Å². The van der Waals surface area contributed by atoms with Crippen molar-refractivity contribution in [3.8, 4) is 28.7 Å². The molecule has 8 nitrogen and oxygen atoms in total. The normalized spacial score (nSPS) is 28.4. The van der Waals surface area contributed by atoms with Gasteiger partial charge in [-0.25, -0.2) is 18.7 Å². The zero-order valence-corrected chi connectivity index (χ0v) is 15.2. The molecule has 29 heavy (non-hydrogen) atoms. The van der Waals surface area contributed by atoms with Crippen molar-refractivity contribution in [3.05, 3.63) is 43.1 Å². The van der Waals surface area contributed by atoms with Crippen molar-refractivity contribution in [1.29, 1.82) is 0 Å². The monoisotopic (exact) mass is 400 g/mol. The number of fused-ring (bicyclic) bond motifs is 2. The number of hydrogen-bond acceptors (Lipinski definition) is 7. The van der Waals surface area contributed by atoms with E-state index in [0.717, 1.165) is 5.69 Å². The maximum absolute atomic E-state index is 14.5. The molecule has 0 unspecified atom stereocenters. The molecular weight excluding hydrogens is 382 g/mol. The highest BCUT2D eigenvalue weighted by molar-refractivity contribution is 5.65. The fraction of sp³-hybridized carbons (Fsp3) is 0.368. The molecule has 5 atom stereocenters. The van der Waals surface area contributed by atoms with Crippen molar-refractivity contribution in [2.24, 2.45) is 0 Å². The first-order chi connectivity index (χ1) is 14.1. The van der Waals surface area contributed by atoms with Gasteiger partial charge in [0.15, 0.2) is 12.0 Å². The molecule has 0 aliphatic carbocycles. The lowest BCUT2D eigenvalue weighted by Crippen LogP contribution is -2.52. The average molecular weight is 400 g/mol. The van der Waals surface area contributed by atoms with Crippen LogP contribution in [0.5, 0.6) is 11.6 Å². The number of phenols is 1. The molecule has 2 aliphatic rings. The maximum atomic E-state index is 14.5. The zero-order chi connectivity index (χ0) is 20.0. The number of phenolic OH excluding ortho intramolecular Hbond substituents is 1. The Morgan fingerprint density at radius 1 is 1.17 bits per heavy atom. The number of ether oxygens (including phenoxy) is 1. The molecule has 0 spiro atoms. The van der Waals surface area contributed by atoms with Crippen LogP contribution in [0.4, 0.5) is 8.78 Å². The van der Waals surface area contributed by atoms with Crippen molar-refractivity contribution in [1.82, 2.24) is 30.0 Å². The number of imidazole rings is 1. The number of halogens is 2. The second-order valence-electron chi connectivity index (χ2n) is 7.26. The summed E-state index contributed by atoms with van der Waals surface area (Å²) in [6.07, 6.45) is 3.54. The van der Waals surface area contributed by atoms with Crippen LogP contribution in [0.3, 0.4) is 0 Å². The van der Waals surface area contributed by atoms with Crippen molar-refractivity contribution < 1.29 is 18.6 Å². The van der Waals surface area contributed by atoms with Gasteiger partial charge in [0.05, 0.1) is 23.8 Å². The molecular formula is C19H18F2N6O2. The Balaban J connectivity index is 1.32. The molecule has 5 rings (SSSR count). The average Bonchev–Trinajstić information content (AvgIpc) is 3.36. The van der Waals surface area contributed by atoms with Crippen LogP contribution < -0.4 is 10.1 Å². The van der Waals surface area contributed by atoms with Crippen LogP contribution in [0, 0.1) is 0 Å². The smallest absolute Gasteiger partial charge is 0.252 e. The summed E-state index contributed by atoms with van der Waals surface area (Å²) < 4.78 is 35.6. The van der Waals surface area contributed by atoms with E-state index in [-0.39, 0.29) is 30.3 Å². The molecule has 150 valence electrons. The first-order valence-corrected chi connectivity index (χ1v) is 9.31. The minimum atomic E-state index is -1.33. The van der Waals surface area contributed by atoms with Crippen molar-refractivity contribution in [2.75, 3.05) is 0 Å². The summed E-state index contributed by atoms with van der Waals surface area (Å²) in [6, 6.07) is 4.08. The number of nitrogens with zero attached hydrogens (tertiary/aromatic N) is 5. The third-order valence-corrected chi connectivity index (χ3v) is 5.41. The number of nitrogens with one attached hydrogen (secondary N) is 1. The second kappa shape index (κ2) is 7.03. The standard InChI is InChI=1S/C19H18F2N6O2/c20-12-6-14-18(21)16(7-13(12)24-14)29-17-8-23-19(26-25-17)11-2-1-10(5-15(11)28)27-4-3-22-9-27/h1-5,8-9,12-14,16,18,24,28H,6-7H2/t12-,13-,14-,16+,18+/m0/s1. The van der Waals surface area contributed by atoms with E-state index in [1.54, 1.807) is 41.5 Å². The van der Waals surface area contributed by atoms with Crippen LogP contribution in [-0.2, 0) is 0 Å². The molecule has 1 aromatic carbocycles. The van der Waals surface area contributed by atoms with Gasteiger partial charge in [-0.05, 0) is 18.6 Å². The first-order valence-electron chi connectivity index (χ1n) is 9.31. The van der Waals surface area contributed by atoms with Gasteiger partial charge in [-0.15, -0.1) is 10.2 Å². The number of aromatic hydroxyl groups is 1. The summed E-state index contributed by atoms with van der Waals surface area (Å²) in [5, 5.41) is 21.2. The lowest BCUT2D eigenvalue weighted by atomic mass is 10.0. The van der Waals surface area contributed by atoms with E-state index in [1.807, 2.05) is 0 Å². The number of alkyl halides is 2. The van der Waals surface area contributed by atoms with Crippen molar-refractivity contribution in [3.63, 3.8) is 0 Å². The lowest BCUT2D eigenvalue weighted by molar-refractivity contribution is 0.0397. The van der Waals surface area contributed by atoms with E-state index in [4.69, 9.17) is 4.74 Å². The molecule has 2 N–H and O–H groups in total. The Labute approximate surface area is 164 Å².